The summed E-state index contributed by atoms with van der Waals surface area (Å²) >= 11 is 0. The van der Waals surface area contributed by atoms with Crippen LogP contribution in [0.25, 0.3) is 33.2 Å². The van der Waals surface area contributed by atoms with Crippen LogP contribution in [-0.4, -0.2) is 35.5 Å². The molecule has 3 N–H and O–H groups in total. The number of aromatic hydroxyl groups is 1. The van der Waals surface area contributed by atoms with Crippen molar-refractivity contribution < 1.29 is 5.11 Å². The standard InChI is InChI=1S/C22H24N6O2/c1-12-19-13(11-27(2)26-19)9-16(20(12)29)21-24-10-17-18(25-21)7-8-28(22(17)30)15-5-3-14(23)4-6-15/h7-11,14-15,29H,3-6,23H2,1-2H3/t14-,15+. The summed E-state index contributed by atoms with van der Waals surface area (Å²) in [5, 5.41) is 16.5. The molecule has 1 fully saturated rings. The SMILES string of the molecule is Cc1c(O)c(-c2ncc3c(=O)n([C@H]4CC[C@@H](N)CC4)ccc3n2)cc2cn(C)nc12. The van der Waals surface area contributed by atoms with E-state index in [1.165, 1.54) is 0 Å². The van der Waals surface area contributed by atoms with E-state index in [1.807, 2.05) is 38.5 Å². The first-order chi connectivity index (χ1) is 14.4. The molecule has 1 aliphatic carbocycles. The van der Waals surface area contributed by atoms with E-state index < -0.39 is 0 Å². The number of benzene rings is 1. The average Bonchev–Trinajstić information content (AvgIpc) is 3.12. The zero-order valence-electron chi connectivity index (χ0n) is 17.0. The molecule has 8 heteroatoms. The third-order valence-corrected chi connectivity index (χ3v) is 6.17. The molecule has 30 heavy (non-hydrogen) atoms. The molecule has 154 valence electrons. The number of hydrogen-bond acceptors (Lipinski definition) is 6. The van der Waals surface area contributed by atoms with E-state index >= 15 is 0 Å². The van der Waals surface area contributed by atoms with Crippen molar-refractivity contribution in [3.63, 3.8) is 0 Å². The zero-order valence-corrected chi connectivity index (χ0v) is 17.0. The van der Waals surface area contributed by atoms with Gasteiger partial charge in [0.2, 0.25) is 0 Å². The van der Waals surface area contributed by atoms with E-state index in [2.05, 4.69) is 15.1 Å². The van der Waals surface area contributed by atoms with Crippen molar-refractivity contribution in [3.8, 4) is 17.1 Å². The van der Waals surface area contributed by atoms with Gasteiger partial charge in [-0.2, -0.15) is 5.10 Å². The number of rotatable bonds is 2. The lowest BCUT2D eigenvalue weighted by Crippen LogP contribution is -2.32. The second-order valence-electron chi connectivity index (χ2n) is 8.23. The van der Waals surface area contributed by atoms with Crippen LogP contribution in [0.2, 0.25) is 0 Å². The minimum Gasteiger partial charge on any atom is -0.507 e. The molecule has 0 spiro atoms. The Hall–Kier alpha value is -3.26. The van der Waals surface area contributed by atoms with Gasteiger partial charge in [-0.3, -0.25) is 9.48 Å². The maximum absolute atomic E-state index is 13.0. The van der Waals surface area contributed by atoms with Gasteiger partial charge in [0.05, 0.1) is 22.0 Å². The molecular weight excluding hydrogens is 380 g/mol. The lowest BCUT2D eigenvalue weighted by Gasteiger charge is -2.27. The van der Waals surface area contributed by atoms with E-state index in [1.54, 1.807) is 15.4 Å². The summed E-state index contributed by atoms with van der Waals surface area (Å²) < 4.78 is 3.50. The minimum atomic E-state index is -0.0809. The third kappa shape index (κ3) is 2.95. The Morgan fingerprint density at radius 3 is 2.77 bits per heavy atom. The zero-order chi connectivity index (χ0) is 21.0. The summed E-state index contributed by atoms with van der Waals surface area (Å²) in [5.74, 6) is 0.488. The summed E-state index contributed by atoms with van der Waals surface area (Å²) in [4.78, 5) is 22.1. The van der Waals surface area contributed by atoms with Crippen molar-refractivity contribution in [1.29, 1.82) is 0 Å². The van der Waals surface area contributed by atoms with Crippen LogP contribution in [0.4, 0.5) is 0 Å². The first kappa shape index (κ1) is 18.7. The van der Waals surface area contributed by atoms with Crippen molar-refractivity contribution in [2.45, 2.75) is 44.7 Å². The van der Waals surface area contributed by atoms with Gasteiger partial charge in [0.25, 0.3) is 5.56 Å². The van der Waals surface area contributed by atoms with Crippen molar-refractivity contribution in [2.75, 3.05) is 0 Å². The van der Waals surface area contributed by atoms with E-state index in [9.17, 15) is 9.90 Å². The van der Waals surface area contributed by atoms with Crippen LogP contribution < -0.4 is 11.3 Å². The normalized spacial score (nSPS) is 19.6. The summed E-state index contributed by atoms with van der Waals surface area (Å²) in [6.07, 6.45) is 8.94. The molecule has 8 nitrogen and oxygen atoms in total. The Morgan fingerprint density at radius 2 is 2.00 bits per heavy atom. The smallest absolute Gasteiger partial charge is 0.261 e. The number of aryl methyl sites for hydroxylation is 2. The number of nitrogens with two attached hydrogens (primary N) is 1. The molecule has 0 bridgehead atoms. The van der Waals surface area contributed by atoms with E-state index in [0.29, 0.717) is 27.9 Å². The molecule has 1 aliphatic rings. The fraction of sp³-hybridized carbons (Fsp3) is 0.364. The maximum atomic E-state index is 13.0. The van der Waals surface area contributed by atoms with Crippen molar-refractivity contribution >= 4 is 21.8 Å². The van der Waals surface area contributed by atoms with Crippen LogP contribution in [-0.2, 0) is 7.05 Å². The summed E-state index contributed by atoms with van der Waals surface area (Å²) in [7, 11) is 1.84. The number of phenolic OH excluding ortho intramolecular Hbond substituents is 1. The summed E-state index contributed by atoms with van der Waals surface area (Å²) in [6.45, 7) is 1.82. The van der Waals surface area contributed by atoms with Crippen LogP contribution in [0.5, 0.6) is 5.75 Å². The molecule has 5 rings (SSSR count). The summed E-state index contributed by atoms with van der Waals surface area (Å²) in [5.41, 5.74) is 8.44. The number of hydrogen-bond donors (Lipinski definition) is 2. The maximum Gasteiger partial charge on any atom is 0.261 e. The molecule has 1 saturated carbocycles. The van der Waals surface area contributed by atoms with Gasteiger partial charge in [-0.1, -0.05) is 0 Å². The quantitative estimate of drug-likeness (QED) is 0.531. The Morgan fingerprint density at radius 1 is 1.23 bits per heavy atom. The van der Waals surface area contributed by atoms with Gasteiger partial charge in [-0.25, -0.2) is 9.97 Å². The van der Waals surface area contributed by atoms with Gasteiger partial charge in [0.1, 0.15) is 5.75 Å². The first-order valence-electron chi connectivity index (χ1n) is 10.2. The monoisotopic (exact) mass is 404 g/mol. The van der Waals surface area contributed by atoms with Gasteiger partial charge in [-0.05, 0) is 44.7 Å². The van der Waals surface area contributed by atoms with E-state index in [0.717, 1.165) is 36.6 Å². The highest BCUT2D eigenvalue weighted by molar-refractivity contribution is 5.90. The summed E-state index contributed by atoms with van der Waals surface area (Å²) in [6, 6.07) is 4.08. The van der Waals surface area contributed by atoms with Crippen molar-refractivity contribution in [3.05, 3.63) is 46.6 Å². The van der Waals surface area contributed by atoms with Crippen molar-refractivity contribution in [2.24, 2.45) is 12.8 Å². The molecule has 0 saturated heterocycles. The topological polar surface area (TPSA) is 112 Å². The van der Waals surface area contributed by atoms with Gasteiger partial charge < -0.3 is 15.4 Å². The number of fused-ring (bicyclic) bond motifs is 2. The number of aromatic nitrogens is 5. The first-order valence-corrected chi connectivity index (χ1v) is 10.2. The molecule has 0 atom stereocenters. The average molecular weight is 404 g/mol. The van der Waals surface area contributed by atoms with Gasteiger partial charge in [0.15, 0.2) is 5.82 Å². The lowest BCUT2D eigenvalue weighted by atomic mass is 9.91. The number of pyridine rings is 1. The number of phenols is 1. The molecule has 1 aromatic carbocycles. The Labute approximate surface area is 173 Å². The highest BCUT2D eigenvalue weighted by atomic mass is 16.3. The highest BCUT2D eigenvalue weighted by Gasteiger charge is 2.22. The third-order valence-electron chi connectivity index (χ3n) is 6.17. The predicted molar refractivity (Wildman–Crippen MR) is 115 cm³/mol. The molecule has 0 aliphatic heterocycles. The molecule has 0 radical (unpaired) electrons. The molecule has 4 aromatic rings. The molecular formula is C22H24N6O2. The van der Waals surface area contributed by atoms with Gasteiger partial charge >= 0.3 is 0 Å². The molecule has 0 amide bonds. The van der Waals surface area contributed by atoms with Gasteiger partial charge in [-0.15, -0.1) is 0 Å². The molecule has 3 heterocycles. The van der Waals surface area contributed by atoms with Crippen LogP contribution in [0.1, 0.15) is 37.3 Å². The lowest BCUT2D eigenvalue weighted by molar-refractivity contribution is 0.319. The van der Waals surface area contributed by atoms with Crippen LogP contribution in [0, 0.1) is 6.92 Å². The molecule has 0 unspecified atom stereocenters. The second-order valence-corrected chi connectivity index (χ2v) is 8.23. The van der Waals surface area contributed by atoms with Gasteiger partial charge in [0, 0.05) is 48.7 Å². The highest BCUT2D eigenvalue weighted by Crippen LogP contribution is 2.35. The Bertz CT molecular complexity index is 1330. The Kier molecular flexibility index (Phi) is 4.32. The fourth-order valence-corrected chi connectivity index (χ4v) is 4.45. The van der Waals surface area contributed by atoms with Crippen LogP contribution >= 0.6 is 0 Å². The van der Waals surface area contributed by atoms with Crippen molar-refractivity contribution in [1.82, 2.24) is 24.3 Å². The Balaban J connectivity index is 1.59. The predicted octanol–water partition coefficient (Wildman–Crippen LogP) is 2.80. The van der Waals surface area contributed by atoms with E-state index in [-0.39, 0.29) is 23.4 Å². The molecule has 3 aromatic heterocycles. The van der Waals surface area contributed by atoms with E-state index in [4.69, 9.17) is 5.73 Å². The largest absolute Gasteiger partial charge is 0.507 e. The second kappa shape index (κ2) is 6.91. The van der Waals surface area contributed by atoms with Crippen LogP contribution in [0.15, 0.2) is 35.5 Å². The number of nitrogens with zero attached hydrogens (tertiary/aromatic N) is 5. The minimum absolute atomic E-state index is 0.0809. The van der Waals surface area contributed by atoms with Crippen LogP contribution in [0.3, 0.4) is 0 Å². The fourth-order valence-electron chi connectivity index (χ4n) is 4.45.